The molecule has 1 aromatic rings. The first kappa shape index (κ1) is 19.6. The molecule has 1 aliphatic heterocycles. The first-order chi connectivity index (χ1) is 13.1. The van der Waals surface area contributed by atoms with Gasteiger partial charge in [0.05, 0.1) is 5.69 Å². The summed E-state index contributed by atoms with van der Waals surface area (Å²) in [6.07, 6.45) is 9.91. The third-order valence-corrected chi connectivity index (χ3v) is 6.04. The number of carbonyl (C=O) groups is 1. The highest BCUT2D eigenvalue weighted by molar-refractivity contribution is 5.79. The number of aromatic nitrogens is 1. The lowest BCUT2D eigenvalue weighted by molar-refractivity contribution is -0.389. The number of anilines is 1. The van der Waals surface area contributed by atoms with Gasteiger partial charge in [0.1, 0.15) is 0 Å². The molecular weight excluding hydrogens is 344 g/mol. The fraction of sp³-hybridized carbons (Fsp3) is 0.700. The van der Waals surface area contributed by atoms with Gasteiger partial charge in [0.25, 0.3) is 0 Å². The van der Waals surface area contributed by atoms with Crippen molar-refractivity contribution in [2.45, 2.75) is 51.9 Å². The molecule has 0 bridgehead atoms. The van der Waals surface area contributed by atoms with Crippen molar-refractivity contribution >= 4 is 17.4 Å². The summed E-state index contributed by atoms with van der Waals surface area (Å²) in [5, 5.41) is 10.7. The Hall–Kier alpha value is -2.18. The molecule has 1 saturated heterocycles. The van der Waals surface area contributed by atoms with Gasteiger partial charge in [0, 0.05) is 38.2 Å². The molecule has 27 heavy (non-hydrogen) atoms. The van der Waals surface area contributed by atoms with Crippen molar-refractivity contribution in [2.24, 2.45) is 11.8 Å². The van der Waals surface area contributed by atoms with Gasteiger partial charge in [-0.2, -0.15) is 0 Å². The Morgan fingerprint density at radius 1 is 1.19 bits per heavy atom. The standard InChI is InChI=1S/C20H30N4O3/c1-2-3-4-16-5-7-17(8-6-16)20(25)23-13-11-22(12-14-23)18-9-10-19(21-15-18)24(26)27/h9-10,15-17H,2-8,11-14H2,1H3. The van der Waals surface area contributed by atoms with Crippen LogP contribution in [0.2, 0.25) is 0 Å². The molecule has 1 amide bonds. The SMILES string of the molecule is CCCCC1CCC(C(=O)N2CCN(c3ccc([N+](=O)[O-])nc3)CC2)CC1. The summed E-state index contributed by atoms with van der Waals surface area (Å²) in [6, 6.07) is 3.17. The molecule has 7 nitrogen and oxygen atoms in total. The van der Waals surface area contributed by atoms with Crippen molar-refractivity contribution in [1.82, 2.24) is 9.88 Å². The Morgan fingerprint density at radius 3 is 2.44 bits per heavy atom. The number of pyridine rings is 1. The van der Waals surface area contributed by atoms with Gasteiger partial charge in [-0.3, -0.25) is 4.79 Å². The van der Waals surface area contributed by atoms with E-state index in [0.29, 0.717) is 19.0 Å². The number of piperazine rings is 1. The molecule has 0 atom stereocenters. The van der Waals surface area contributed by atoms with Crippen LogP contribution in [0, 0.1) is 22.0 Å². The number of hydrogen-bond acceptors (Lipinski definition) is 5. The summed E-state index contributed by atoms with van der Waals surface area (Å²) in [5.74, 6) is 1.21. The van der Waals surface area contributed by atoms with Crippen molar-refractivity contribution in [3.05, 3.63) is 28.4 Å². The monoisotopic (exact) mass is 374 g/mol. The molecule has 7 heteroatoms. The summed E-state index contributed by atoms with van der Waals surface area (Å²) in [4.78, 5) is 31.1. The number of unbranched alkanes of at least 4 members (excludes halogenated alkanes) is 1. The van der Waals surface area contributed by atoms with Crippen LogP contribution >= 0.6 is 0 Å². The van der Waals surface area contributed by atoms with Crippen molar-refractivity contribution in [3.63, 3.8) is 0 Å². The minimum absolute atomic E-state index is 0.137. The Labute approximate surface area is 160 Å². The van der Waals surface area contributed by atoms with Gasteiger partial charge in [-0.15, -0.1) is 0 Å². The smallest absolute Gasteiger partial charge is 0.363 e. The van der Waals surface area contributed by atoms with Crippen LogP contribution < -0.4 is 4.90 Å². The Balaban J connectivity index is 1.46. The van der Waals surface area contributed by atoms with Crippen molar-refractivity contribution in [2.75, 3.05) is 31.1 Å². The second-order valence-electron chi connectivity index (χ2n) is 7.80. The quantitative estimate of drug-likeness (QED) is 0.561. The van der Waals surface area contributed by atoms with Gasteiger partial charge in [-0.05, 0) is 47.6 Å². The maximum atomic E-state index is 12.9. The first-order valence-electron chi connectivity index (χ1n) is 10.2. The van der Waals surface area contributed by atoms with Gasteiger partial charge in [0.2, 0.25) is 5.91 Å². The largest absolute Gasteiger partial charge is 0.365 e. The van der Waals surface area contributed by atoms with Gasteiger partial charge in [-0.1, -0.05) is 26.2 Å². The highest BCUT2D eigenvalue weighted by atomic mass is 16.6. The lowest BCUT2D eigenvalue weighted by Crippen LogP contribution is -2.50. The molecule has 1 aromatic heterocycles. The summed E-state index contributed by atoms with van der Waals surface area (Å²) < 4.78 is 0. The topological polar surface area (TPSA) is 79.6 Å². The molecule has 0 spiro atoms. The molecule has 2 aliphatic rings. The average Bonchev–Trinajstić information content (AvgIpc) is 2.72. The molecule has 0 unspecified atom stereocenters. The Morgan fingerprint density at radius 2 is 1.89 bits per heavy atom. The minimum Gasteiger partial charge on any atom is -0.365 e. The van der Waals surface area contributed by atoms with Crippen LogP contribution in [0.15, 0.2) is 18.3 Å². The lowest BCUT2D eigenvalue weighted by atomic mass is 9.79. The van der Waals surface area contributed by atoms with E-state index in [1.54, 1.807) is 12.3 Å². The summed E-state index contributed by atoms with van der Waals surface area (Å²) >= 11 is 0. The molecule has 1 saturated carbocycles. The highest BCUT2D eigenvalue weighted by Gasteiger charge is 2.31. The molecule has 0 radical (unpaired) electrons. The van der Waals surface area contributed by atoms with Gasteiger partial charge in [0.15, 0.2) is 6.20 Å². The number of amides is 1. The third-order valence-electron chi connectivity index (χ3n) is 6.04. The number of nitro groups is 1. The average molecular weight is 374 g/mol. The van der Waals surface area contributed by atoms with E-state index < -0.39 is 4.92 Å². The van der Waals surface area contributed by atoms with Crippen LogP contribution in [0.5, 0.6) is 0 Å². The predicted octanol–water partition coefficient (Wildman–Crippen LogP) is 3.64. The van der Waals surface area contributed by atoms with Crippen LogP contribution in [0.3, 0.4) is 0 Å². The van der Waals surface area contributed by atoms with Gasteiger partial charge < -0.3 is 19.9 Å². The van der Waals surface area contributed by atoms with E-state index in [0.717, 1.165) is 37.5 Å². The van der Waals surface area contributed by atoms with Crippen molar-refractivity contribution in [3.8, 4) is 0 Å². The minimum atomic E-state index is -0.489. The molecule has 0 N–H and O–H groups in total. The van der Waals surface area contributed by atoms with Gasteiger partial charge in [-0.25, -0.2) is 0 Å². The molecule has 1 aliphatic carbocycles. The predicted molar refractivity (Wildman–Crippen MR) is 105 cm³/mol. The van der Waals surface area contributed by atoms with Crippen LogP contribution in [-0.2, 0) is 4.79 Å². The first-order valence-corrected chi connectivity index (χ1v) is 10.2. The summed E-state index contributed by atoms with van der Waals surface area (Å²) in [7, 11) is 0. The van der Waals surface area contributed by atoms with Crippen molar-refractivity contribution in [1.29, 1.82) is 0 Å². The number of carbonyl (C=O) groups excluding carboxylic acids is 1. The van der Waals surface area contributed by atoms with Crippen LogP contribution in [-0.4, -0.2) is 46.9 Å². The van der Waals surface area contributed by atoms with E-state index in [9.17, 15) is 14.9 Å². The van der Waals surface area contributed by atoms with Gasteiger partial charge >= 0.3 is 5.82 Å². The van der Waals surface area contributed by atoms with Crippen LogP contribution in [0.25, 0.3) is 0 Å². The van der Waals surface area contributed by atoms with E-state index in [4.69, 9.17) is 0 Å². The van der Waals surface area contributed by atoms with E-state index >= 15 is 0 Å². The Bertz CT molecular complexity index is 633. The second-order valence-corrected chi connectivity index (χ2v) is 7.80. The zero-order valence-electron chi connectivity index (χ0n) is 16.2. The number of nitrogens with zero attached hydrogens (tertiary/aromatic N) is 4. The van der Waals surface area contributed by atoms with Crippen LogP contribution in [0.4, 0.5) is 11.5 Å². The summed E-state index contributed by atoms with van der Waals surface area (Å²) in [5.41, 5.74) is 0.879. The van der Waals surface area contributed by atoms with E-state index in [1.165, 1.54) is 38.2 Å². The second kappa shape index (κ2) is 9.15. The molecule has 0 aromatic carbocycles. The Kier molecular flexibility index (Phi) is 6.63. The highest BCUT2D eigenvalue weighted by Crippen LogP contribution is 2.33. The van der Waals surface area contributed by atoms with Crippen LogP contribution in [0.1, 0.15) is 51.9 Å². The molecule has 148 valence electrons. The maximum Gasteiger partial charge on any atom is 0.363 e. The molecule has 2 fully saturated rings. The zero-order chi connectivity index (χ0) is 19.2. The lowest BCUT2D eigenvalue weighted by Gasteiger charge is -2.38. The zero-order valence-corrected chi connectivity index (χ0v) is 16.2. The van der Waals surface area contributed by atoms with E-state index in [1.807, 2.05) is 4.90 Å². The third kappa shape index (κ3) is 4.96. The number of hydrogen-bond donors (Lipinski definition) is 0. The van der Waals surface area contributed by atoms with E-state index in [-0.39, 0.29) is 11.7 Å². The fourth-order valence-electron chi connectivity index (χ4n) is 4.31. The fourth-order valence-corrected chi connectivity index (χ4v) is 4.31. The normalized spacial score (nSPS) is 23.3. The maximum absolute atomic E-state index is 12.9. The molecule has 3 rings (SSSR count). The number of rotatable bonds is 6. The van der Waals surface area contributed by atoms with E-state index in [2.05, 4.69) is 16.8 Å². The summed E-state index contributed by atoms with van der Waals surface area (Å²) in [6.45, 7) is 5.16. The molecule has 2 heterocycles. The van der Waals surface area contributed by atoms with Crippen molar-refractivity contribution < 1.29 is 9.72 Å². The molecular formula is C20H30N4O3.